The SMILES string of the molecule is CC(C)C1(CNC(=O)c2c(F)cc(Br)cc2F)CC1. The van der Waals surface area contributed by atoms with E-state index >= 15 is 0 Å². The molecular formula is C14H16BrF2NO. The van der Waals surface area contributed by atoms with Crippen LogP contribution >= 0.6 is 15.9 Å². The average Bonchev–Trinajstić information content (AvgIpc) is 3.05. The summed E-state index contributed by atoms with van der Waals surface area (Å²) in [5.41, 5.74) is -0.402. The highest BCUT2D eigenvalue weighted by atomic mass is 79.9. The molecule has 0 heterocycles. The Morgan fingerprint density at radius 3 is 2.32 bits per heavy atom. The van der Waals surface area contributed by atoms with E-state index in [4.69, 9.17) is 0 Å². The van der Waals surface area contributed by atoms with Crippen molar-refractivity contribution in [2.24, 2.45) is 11.3 Å². The third-order valence-electron chi connectivity index (χ3n) is 3.95. The molecule has 0 spiro atoms. The minimum atomic E-state index is -0.848. The summed E-state index contributed by atoms with van der Waals surface area (Å²) in [5.74, 6) is -1.93. The van der Waals surface area contributed by atoms with E-state index < -0.39 is 23.1 Å². The molecule has 1 N–H and O–H groups in total. The molecule has 0 bridgehead atoms. The number of amides is 1. The summed E-state index contributed by atoms with van der Waals surface area (Å²) in [5, 5.41) is 2.65. The van der Waals surface area contributed by atoms with E-state index in [1.165, 1.54) is 0 Å². The van der Waals surface area contributed by atoms with Crippen LogP contribution in [-0.2, 0) is 0 Å². The molecule has 1 fully saturated rings. The predicted octanol–water partition coefficient (Wildman–Crippen LogP) is 3.89. The van der Waals surface area contributed by atoms with Gasteiger partial charge in [-0.1, -0.05) is 29.8 Å². The smallest absolute Gasteiger partial charge is 0.257 e. The van der Waals surface area contributed by atoms with E-state index in [1.54, 1.807) is 0 Å². The van der Waals surface area contributed by atoms with E-state index in [1.807, 2.05) is 0 Å². The standard InChI is InChI=1S/C14H16BrF2NO/c1-8(2)14(3-4-14)7-18-13(19)12-10(16)5-9(15)6-11(12)17/h5-6,8H,3-4,7H2,1-2H3,(H,18,19). The molecule has 0 saturated heterocycles. The first-order valence-corrected chi connectivity index (χ1v) is 7.08. The van der Waals surface area contributed by atoms with Crippen molar-refractivity contribution in [2.45, 2.75) is 26.7 Å². The van der Waals surface area contributed by atoms with Crippen LogP contribution in [0.3, 0.4) is 0 Å². The van der Waals surface area contributed by atoms with Crippen LogP contribution < -0.4 is 5.32 Å². The van der Waals surface area contributed by atoms with E-state index in [9.17, 15) is 13.6 Å². The Bertz CT molecular complexity index is 489. The first-order valence-electron chi connectivity index (χ1n) is 6.28. The third kappa shape index (κ3) is 2.96. The molecular weight excluding hydrogens is 316 g/mol. The fourth-order valence-electron chi connectivity index (χ4n) is 2.22. The Morgan fingerprint density at radius 1 is 1.37 bits per heavy atom. The number of hydrogen-bond acceptors (Lipinski definition) is 1. The average molecular weight is 332 g/mol. The van der Waals surface area contributed by atoms with Gasteiger partial charge < -0.3 is 5.32 Å². The van der Waals surface area contributed by atoms with Crippen molar-refractivity contribution < 1.29 is 13.6 Å². The maximum absolute atomic E-state index is 13.6. The van der Waals surface area contributed by atoms with Gasteiger partial charge in [0, 0.05) is 11.0 Å². The maximum atomic E-state index is 13.6. The Balaban J connectivity index is 2.09. The normalized spacial score (nSPS) is 16.5. The van der Waals surface area contributed by atoms with Crippen LogP contribution in [0.4, 0.5) is 8.78 Å². The summed E-state index contributed by atoms with van der Waals surface area (Å²) in [7, 11) is 0. The van der Waals surface area contributed by atoms with Crippen LogP contribution in [0.15, 0.2) is 16.6 Å². The molecule has 2 rings (SSSR count). The van der Waals surface area contributed by atoms with Gasteiger partial charge in [0.25, 0.3) is 5.91 Å². The minimum Gasteiger partial charge on any atom is -0.351 e. The molecule has 1 aromatic carbocycles. The molecule has 0 radical (unpaired) electrons. The Labute approximate surface area is 119 Å². The van der Waals surface area contributed by atoms with Gasteiger partial charge in [-0.15, -0.1) is 0 Å². The van der Waals surface area contributed by atoms with Gasteiger partial charge in [-0.25, -0.2) is 8.78 Å². The fraction of sp³-hybridized carbons (Fsp3) is 0.500. The van der Waals surface area contributed by atoms with Gasteiger partial charge in [0.05, 0.1) is 0 Å². The second-order valence-corrected chi connectivity index (χ2v) is 6.36. The van der Waals surface area contributed by atoms with Crippen molar-refractivity contribution in [1.82, 2.24) is 5.32 Å². The largest absolute Gasteiger partial charge is 0.351 e. The third-order valence-corrected chi connectivity index (χ3v) is 4.41. The van der Waals surface area contributed by atoms with Crippen LogP contribution in [0.1, 0.15) is 37.0 Å². The molecule has 0 aliphatic heterocycles. The highest BCUT2D eigenvalue weighted by molar-refractivity contribution is 9.10. The minimum absolute atomic E-state index is 0.109. The highest BCUT2D eigenvalue weighted by Crippen LogP contribution is 2.51. The van der Waals surface area contributed by atoms with Gasteiger partial charge in [-0.2, -0.15) is 0 Å². The van der Waals surface area contributed by atoms with Crippen LogP contribution in [-0.4, -0.2) is 12.5 Å². The van der Waals surface area contributed by atoms with Crippen LogP contribution in [0, 0.1) is 23.0 Å². The molecule has 1 saturated carbocycles. The first kappa shape index (κ1) is 14.4. The van der Waals surface area contributed by atoms with E-state index in [-0.39, 0.29) is 9.89 Å². The van der Waals surface area contributed by atoms with Gasteiger partial charge in [-0.05, 0) is 36.3 Å². The van der Waals surface area contributed by atoms with E-state index in [0.29, 0.717) is 12.5 Å². The second kappa shape index (κ2) is 5.19. The van der Waals surface area contributed by atoms with Crippen molar-refractivity contribution in [3.63, 3.8) is 0 Å². The van der Waals surface area contributed by atoms with Crippen molar-refractivity contribution in [3.8, 4) is 0 Å². The molecule has 0 unspecified atom stereocenters. The number of hydrogen-bond donors (Lipinski definition) is 1. The summed E-state index contributed by atoms with van der Waals surface area (Å²) in [4.78, 5) is 11.9. The van der Waals surface area contributed by atoms with Crippen molar-refractivity contribution in [2.75, 3.05) is 6.54 Å². The Hall–Kier alpha value is -0.970. The Morgan fingerprint density at radius 2 is 1.89 bits per heavy atom. The van der Waals surface area contributed by atoms with Crippen molar-refractivity contribution >= 4 is 21.8 Å². The van der Waals surface area contributed by atoms with Gasteiger partial charge in [-0.3, -0.25) is 4.79 Å². The zero-order valence-electron chi connectivity index (χ0n) is 10.9. The second-order valence-electron chi connectivity index (χ2n) is 5.44. The monoisotopic (exact) mass is 331 g/mol. The van der Waals surface area contributed by atoms with Gasteiger partial charge in [0.1, 0.15) is 17.2 Å². The van der Waals surface area contributed by atoms with Gasteiger partial charge in [0.15, 0.2) is 0 Å². The zero-order valence-corrected chi connectivity index (χ0v) is 12.5. The lowest BCUT2D eigenvalue weighted by Crippen LogP contribution is -2.33. The Kier molecular flexibility index (Phi) is 3.95. The number of carbonyl (C=O) groups is 1. The molecule has 2 nitrogen and oxygen atoms in total. The van der Waals surface area contributed by atoms with Crippen LogP contribution in [0.2, 0.25) is 0 Å². The summed E-state index contributed by atoms with van der Waals surface area (Å²) in [6.07, 6.45) is 2.10. The summed E-state index contributed by atoms with van der Waals surface area (Å²) < 4.78 is 27.5. The number of carbonyl (C=O) groups excluding carboxylic acids is 1. The number of halogens is 3. The molecule has 0 aromatic heterocycles. The maximum Gasteiger partial charge on any atom is 0.257 e. The summed E-state index contributed by atoms with van der Waals surface area (Å²) in [6.45, 7) is 4.67. The van der Waals surface area contributed by atoms with E-state index in [2.05, 4.69) is 35.1 Å². The molecule has 1 aromatic rings. The lowest BCUT2D eigenvalue weighted by Gasteiger charge is -2.20. The molecule has 19 heavy (non-hydrogen) atoms. The van der Waals surface area contributed by atoms with Gasteiger partial charge in [0.2, 0.25) is 0 Å². The zero-order chi connectivity index (χ0) is 14.2. The van der Waals surface area contributed by atoms with Crippen LogP contribution in [0.25, 0.3) is 0 Å². The quantitative estimate of drug-likeness (QED) is 0.890. The van der Waals surface area contributed by atoms with Crippen LogP contribution in [0.5, 0.6) is 0 Å². The number of benzene rings is 1. The molecule has 1 aliphatic carbocycles. The topological polar surface area (TPSA) is 29.1 Å². The fourth-order valence-corrected chi connectivity index (χ4v) is 2.62. The molecule has 5 heteroatoms. The first-order chi connectivity index (χ1) is 8.85. The van der Waals surface area contributed by atoms with Crippen molar-refractivity contribution in [1.29, 1.82) is 0 Å². The lowest BCUT2D eigenvalue weighted by atomic mass is 9.92. The van der Waals surface area contributed by atoms with Crippen molar-refractivity contribution in [3.05, 3.63) is 33.8 Å². The van der Waals surface area contributed by atoms with E-state index in [0.717, 1.165) is 25.0 Å². The predicted molar refractivity (Wildman–Crippen MR) is 72.9 cm³/mol. The van der Waals surface area contributed by atoms with Gasteiger partial charge >= 0.3 is 0 Å². The summed E-state index contributed by atoms with van der Waals surface area (Å²) in [6, 6.07) is 2.18. The molecule has 104 valence electrons. The highest BCUT2D eigenvalue weighted by Gasteiger charge is 2.45. The molecule has 0 atom stereocenters. The number of nitrogens with one attached hydrogen (secondary N) is 1. The number of rotatable bonds is 4. The molecule has 1 aliphatic rings. The summed E-state index contributed by atoms with van der Waals surface area (Å²) >= 11 is 2.98. The lowest BCUT2D eigenvalue weighted by molar-refractivity contribution is 0.0931. The molecule has 1 amide bonds.